The maximum absolute atomic E-state index is 13.4. The van der Waals surface area contributed by atoms with E-state index in [1.165, 1.54) is 18.2 Å². The van der Waals surface area contributed by atoms with Crippen molar-refractivity contribution in [3.63, 3.8) is 0 Å². The van der Waals surface area contributed by atoms with Gasteiger partial charge in [0.2, 0.25) is 5.91 Å². The zero-order valence-electron chi connectivity index (χ0n) is 12.4. The van der Waals surface area contributed by atoms with Gasteiger partial charge in [-0.15, -0.1) is 0 Å². The third-order valence-electron chi connectivity index (χ3n) is 3.64. The Morgan fingerprint density at radius 1 is 1.29 bits per heavy atom. The van der Waals surface area contributed by atoms with Gasteiger partial charge in [-0.25, -0.2) is 4.39 Å². The number of carbonyl (C=O) groups is 1. The Bertz CT molecular complexity index is 496. The van der Waals surface area contributed by atoms with E-state index in [0.29, 0.717) is 12.1 Å². The molecule has 1 N–H and O–H groups in total. The highest BCUT2D eigenvalue weighted by Crippen LogP contribution is 2.07. The van der Waals surface area contributed by atoms with Crippen LogP contribution in [0.1, 0.15) is 5.56 Å². The van der Waals surface area contributed by atoms with Crippen LogP contribution in [0, 0.1) is 5.82 Å². The van der Waals surface area contributed by atoms with Gasteiger partial charge in [0.05, 0.1) is 0 Å². The van der Waals surface area contributed by atoms with E-state index in [2.05, 4.69) is 22.2 Å². The van der Waals surface area contributed by atoms with Crippen LogP contribution in [0.5, 0.6) is 0 Å². The van der Waals surface area contributed by atoms with Crippen LogP contribution in [-0.2, 0) is 4.79 Å². The largest absolute Gasteiger partial charge is 0.351 e. The van der Waals surface area contributed by atoms with E-state index in [4.69, 9.17) is 0 Å². The first-order valence-electron chi connectivity index (χ1n) is 7.26. The van der Waals surface area contributed by atoms with Crippen molar-refractivity contribution in [3.8, 4) is 0 Å². The number of nitrogens with one attached hydrogen (secondary N) is 1. The number of hydrogen-bond donors (Lipinski definition) is 1. The van der Waals surface area contributed by atoms with Crippen molar-refractivity contribution in [2.75, 3.05) is 46.3 Å². The predicted octanol–water partition coefficient (Wildman–Crippen LogP) is 1.20. The first-order valence-corrected chi connectivity index (χ1v) is 7.26. The first-order chi connectivity index (χ1) is 10.1. The van der Waals surface area contributed by atoms with Gasteiger partial charge in [-0.3, -0.25) is 9.69 Å². The third-order valence-corrected chi connectivity index (χ3v) is 3.64. The van der Waals surface area contributed by atoms with Gasteiger partial charge in [0.1, 0.15) is 5.82 Å². The van der Waals surface area contributed by atoms with Crippen LogP contribution in [-0.4, -0.2) is 62.0 Å². The Labute approximate surface area is 125 Å². The van der Waals surface area contributed by atoms with E-state index in [1.54, 1.807) is 18.2 Å². The summed E-state index contributed by atoms with van der Waals surface area (Å²) in [5.41, 5.74) is 0.423. The molecule has 1 saturated heterocycles. The minimum absolute atomic E-state index is 0.188. The summed E-state index contributed by atoms with van der Waals surface area (Å²) >= 11 is 0. The first kappa shape index (κ1) is 15.7. The average molecular weight is 291 g/mol. The summed E-state index contributed by atoms with van der Waals surface area (Å²) in [7, 11) is 2.12. The molecule has 4 nitrogen and oxygen atoms in total. The minimum Gasteiger partial charge on any atom is -0.351 e. The van der Waals surface area contributed by atoms with Crippen LogP contribution in [0.2, 0.25) is 0 Å². The SMILES string of the molecule is CN1CCN(CCNC(=O)C=Cc2ccccc2F)CC1. The van der Waals surface area contributed by atoms with Crippen LogP contribution in [0.25, 0.3) is 6.08 Å². The Balaban J connectivity index is 1.69. The maximum atomic E-state index is 13.4. The molecule has 0 aliphatic carbocycles. The number of likely N-dealkylation sites (N-methyl/N-ethyl adjacent to an activating group) is 1. The second kappa shape index (κ2) is 7.90. The van der Waals surface area contributed by atoms with Gasteiger partial charge in [0.15, 0.2) is 0 Å². The fraction of sp³-hybridized carbons (Fsp3) is 0.438. The summed E-state index contributed by atoms with van der Waals surface area (Å²) in [6.45, 7) is 5.69. The molecular formula is C16H22FN3O. The highest BCUT2D eigenvalue weighted by Gasteiger charge is 2.12. The second-order valence-corrected chi connectivity index (χ2v) is 5.29. The van der Waals surface area contributed by atoms with Crippen molar-refractivity contribution < 1.29 is 9.18 Å². The molecule has 0 saturated carbocycles. The van der Waals surface area contributed by atoms with Crippen molar-refractivity contribution >= 4 is 12.0 Å². The summed E-state index contributed by atoms with van der Waals surface area (Å²) < 4.78 is 13.4. The lowest BCUT2D eigenvalue weighted by Crippen LogP contribution is -2.46. The topological polar surface area (TPSA) is 35.6 Å². The van der Waals surface area contributed by atoms with E-state index in [-0.39, 0.29) is 11.7 Å². The Hall–Kier alpha value is -1.72. The van der Waals surface area contributed by atoms with Crippen LogP contribution in [0.3, 0.4) is 0 Å². The molecule has 1 heterocycles. The molecule has 0 atom stereocenters. The fourth-order valence-electron chi connectivity index (χ4n) is 2.24. The molecule has 1 amide bonds. The predicted molar refractivity (Wildman–Crippen MR) is 82.4 cm³/mol. The standard InChI is InChI=1S/C16H22FN3O/c1-19-10-12-20(13-11-19)9-8-18-16(21)7-6-14-4-2-3-5-15(14)17/h2-7H,8-13H2,1H3,(H,18,21). The molecule has 1 aromatic rings. The van der Waals surface area contributed by atoms with Gasteiger partial charge >= 0.3 is 0 Å². The summed E-state index contributed by atoms with van der Waals surface area (Å²) in [5, 5.41) is 2.83. The lowest BCUT2D eigenvalue weighted by Gasteiger charge is -2.32. The zero-order chi connectivity index (χ0) is 15.1. The monoisotopic (exact) mass is 291 g/mol. The Morgan fingerprint density at radius 3 is 2.71 bits per heavy atom. The summed E-state index contributed by atoms with van der Waals surface area (Å²) in [4.78, 5) is 16.3. The van der Waals surface area contributed by atoms with Gasteiger partial charge in [0.25, 0.3) is 0 Å². The Kier molecular flexibility index (Phi) is 5.90. The summed E-state index contributed by atoms with van der Waals surface area (Å²) in [5.74, 6) is -0.508. The number of piperazine rings is 1. The highest BCUT2D eigenvalue weighted by atomic mass is 19.1. The van der Waals surface area contributed by atoms with Gasteiger partial charge < -0.3 is 10.2 Å². The van der Waals surface area contributed by atoms with Gasteiger partial charge in [-0.1, -0.05) is 18.2 Å². The number of hydrogen-bond acceptors (Lipinski definition) is 3. The van der Waals surface area contributed by atoms with Gasteiger partial charge in [-0.05, 0) is 19.2 Å². The molecule has 5 heteroatoms. The van der Waals surface area contributed by atoms with Crippen molar-refractivity contribution in [1.82, 2.24) is 15.1 Å². The summed E-state index contributed by atoms with van der Waals surface area (Å²) in [6.07, 6.45) is 2.88. The van der Waals surface area contributed by atoms with Gasteiger partial charge in [0, 0.05) is 50.9 Å². The number of nitrogens with zero attached hydrogens (tertiary/aromatic N) is 2. The van der Waals surface area contributed by atoms with E-state index >= 15 is 0 Å². The van der Waals surface area contributed by atoms with Crippen LogP contribution in [0.4, 0.5) is 4.39 Å². The van der Waals surface area contributed by atoms with E-state index in [1.807, 2.05) is 0 Å². The van der Waals surface area contributed by atoms with E-state index in [9.17, 15) is 9.18 Å². The Morgan fingerprint density at radius 2 is 2.00 bits per heavy atom. The molecule has 1 aliphatic rings. The van der Waals surface area contributed by atoms with E-state index < -0.39 is 0 Å². The normalized spacial score (nSPS) is 17.2. The third kappa shape index (κ3) is 5.28. The van der Waals surface area contributed by atoms with Crippen molar-refractivity contribution in [1.29, 1.82) is 0 Å². The maximum Gasteiger partial charge on any atom is 0.244 e. The lowest BCUT2D eigenvalue weighted by molar-refractivity contribution is -0.116. The molecule has 0 radical (unpaired) electrons. The van der Waals surface area contributed by atoms with Crippen molar-refractivity contribution in [3.05, 3.63) is 41.7 Å². The molecular weight excluding hydrogens is 269 g/mol. The second-order valence-electron chi connectivity index (χ2n) is 5.29. The number of benzene rings is 1. The van der Waals surface area contributed by atoms with Crippen molar-refractivity contribution in [2.24, 2.45) is 0 Å². The van der Waals surface area contributed by atoms with Crippen molar-refractivity contribution in [2.45, 2.75) is 0 Å². The van der Waals surface area contributed by atoms with Gasteiger partial charge in [-0.2, -0.15) is 0 Å². The lowest BCUT2D eigenvalue weighted by atomic mass is 10.2. The number of rotatable bonds is 5. The molecule has 0 unspecified atom stereocenters. The zero-order valence-corrected chi connectivity index (χ0v) is 12.4. The summed E-state index contributed by atoms with van der Waals surface area (Å²) in [6, 6.07) is 6.39. The quantitative estimate of drug-likeness (QED) is 0.828. The van der Waals surface area contributed by atoms with Crippen LogP contribution in [0.15, 0.2) is 30.3 Å². The smallest absolute Gasteiger partial charge is 0.244 e. The van der Waals surface area contributed by atoms with Crippen LogP contribution < -0.4 is 5.32 Å². The molecule has 0 spiro atoms. The minimum atomic E-state index is -0.320. The molecule has 1 fully saturated rings. The molecule has 1 aliphatic heterocycles. The fourth-order valence-corrected chi connectivity index (χ4v) is 2.24. The molecule has 0 bridgehead atoms. The highest BCUT2D eigenvalue weighted by molar-refractivity contribution is 5.91. The molecule has 21 heavy (non-hydrogen) atoms. The molecule has 1 aromatic carbocycles. The number of amides is 1. The number of halogens is 1. The molecule has 114 valence electrons. The number of carbonyl (C=O) groups excluding carboxylic acids is 1. The van der Waals surface area contributed by atoms with Crippen LogP contribution >= 0.6 is 0 Å². The van der Waals surface area contributed by atoms with E-state index in [0.717, 1.165) is 32.7 Å². The molecule has 2 rings (SSSR count). The average Bonchev–Trinajstić information content (AvgIpc) is 2.48. The molecule has 0 aromatic heterocycles.